The molecule has 0 aliphatic heterocycles. The van der Waals surface area contributed by atoms with E-state index in [1.54, 1.807) is 19.9 Å². The van der Waals surface area contributed by atoms with E-state index < -0.39 is 51.5 Å². The number of esters is 1. The van der Waals surface area contributed by atoms with Crippen LogP contribution >= 0.6 is 11.6 Å². The van der Waals surface area contributed by atoms with Crippen molar-refractivity contribution in [2.24, 2.45) is 28.6 Å². The van der Waals surface area contributed by atoms with Crippen LogP contribution in [0.4, 0.5) is 4.39 Å². The molecule has 7 atom stereocenters. The minimum Gasteiger partial charge on any atom is -0.450 e. The fraction of sp³-hybridized carbons (Fsp3) is 0.692. The maximum atomic E-state index is 17.1. The first-order chi connectivity index (χ1) is 15.4. The summed E-state index contributed by atoms with van der Waals surface area (Å²) < 4.78 is 23.1. The highest BCUT2D eigenvalue weighted by Gasteiger charge is 2.77. The summed E-state index contributed by atoms with van der Waals surface area (Å²) in [5, 5.41) is 0. The molecule has 3 fully saturated rings. The minimum absolute atomic E-state index is 0.153. The van der Waals surface area contributed by atoms with Gasteiger partial charge >= 0.3 is 5.97 Å². The number of ether oxygens (including phenoxy) is 1. The van der Waals surface area contributed by atoms with Gasteiger partial charge in [0, 0.05) is 35.5 Å². The van der Waals surface area contributed by atoms with Crippen LogP contribution in [-0.4, -0.2) is 40.5 Å². The number of Topliss-reactive ketones (excluding diaryl/α,β-unsaturated/α-hetero) is 2. The molecule has 180 valence electrons. The summed E-state index contributed by atoms with van der Waals surface area (Å²) in [5.74, 6) is -3.45. The first-order valence-corrected chi connectivity index (χ1v) is 12.4. The van der Waals surface area contributed by atoms with E-state index in [2.05, 4.69) is 0 Å². The Kier molecular flexibility index (Phi) is 5.79. The summed E-state index contributed by atoms with van der Waals surface area (Å²) in [6.45, 7) is 7.19. The molecule has 0 bridgehead atoms. The third kappa shape index (κ3) is 2.95. The highest BCUT2D eigenvalue weighted by Crippen LogP contribution is 2.70. The fourth-order valence-corrected chi connectivity index (χ4v) is 7.86. The van der Waals surface area contributed by atoms with Gasteiger partial charge in [-0.1, -0.05) is 32.4 Å². The van der Waals surface area contributed by atoms with Crippen molar-refractivity contribution in [3.05, 3.63) is 23.8 Å². The second kappa shape index (κ2) is 7.86. The number of allylic oxidation sites excluding steroid dienone is 4. The van der Waals surface area contributed by atoms with Gasteiger partial charge < -0.3 is 4.74 Å². The minimum atomic E-state index is -2.19. The Bertz CT molecular complexity index is 987. The van der Waals surface area contributed by atoms with Gasteiger partial charge in [-0.05, 0) is 50.7 Å². The van der Waals surface area contributed by atoms with Gasteiger partial charge in [-0.3, -0.25) is 19.2 Å². The van der Waals surface area contributed by atoms with Crippen molar-refractivity contribution in [1.82, 2.24) is 0 Å². The maximum Gasteiger partial charge on any atom is 0.306 e. The van der Waals surface area contributed by atoms with Crippen LogP contribution in [0.15, 0.2) is 23.8 Å². The van der Waals surface area contributed by atoms with E-state index in [-0.39, 0.29) is 30.4 Å². The molecule has 4 aliphatic carbocycles. The Hall–Kier alpha value is -1.82. The predicted octanol–water partition coefficient (Wildman–Crippen LogP) is 4.70. The van der Waals surface area contributed by atoms with E-state index in [4.69, 9.17) is 16.3 Å². The Labute approximate surface area is 199 Å². The molecule has 0 spiro atoms. The Morgan fingerprint density at radius 3 is 2.58 bits per heavy atom. The molecule has 4 rings (SSSR count). The summed E-state index contributed by atoms with van der Waals surface area (Å²) in [7, 11) is 0. The van der Waals surface area contributed by atoms with Crippen LogP contribution in [0.2, 0.25) is 0 Å². The van der Waals surface area contributed by atoms with Crippen molar-refractivity contribution in [1.29, 1.82) is 0 Å². The first-order valence-electron chi connectivity index (χ1n) is 11.9. The van der Waals surface area contributed by atoms with Crippen molar-refractivity contribution in [3.8, 4) is 0 Å². The summed E-state index contributed by atoms with van der Waals surface area (Å²) in [4.78, 5) is 51.7. The number of rotatable bonds is 5. The number of carbonyl (C=O) groups excluding carboxylic acids is 4. The van der Waals surface area contributed by atoms with Crippen LogP contribution in [0.1, 0.15) is 66.2 Å². The van der Waals surface area contributed by atoms with Gasteiger partial charge in [-0.15, -0.1) is 11.6 Å². The lowest BCUT2D eigenvalue weighted by molar-refractivity contribution is -0.201. The normalized spacial score (nSPS) is 43.9. The Morgan fingerprint density at radius 1 is 1.24 bits per heavy atom. The lowest BCUT2D eigenvalue weighted by Crippen LogP contribution is -2.68. The highest BCUT2D eigenvalue weighted by molar-refractivity contribution is 6.29. The number of carbonyl (C=O) groups is 4. The van der Waals surface area contributed by atoms with Gasteiger partial charge in [-0.2, -0.15) is 0 Å². The summed E-state index contributed by atoms with van der Waals surface area (Å²) >= 11 is 6.02. The van der Waals surface area contributed by atoms with Crippen molar-refractivity contribution in [2.45, 2.75) is 77.5 Å². The number of hydrogen-bond donors (Lipinski definition) is 0. The molecule has 0 unspecified atom stereocenters. The molecule has 33 heavy (non-hydrogen) atoms. The molecule has 0 aromatic carbocycles. The SMILES string of the molecule is CCCC(=O)O[C@]1(C(=O)CCl)[C@H](C)C[C@@H]2[C@@H]3CCC4=CC(=O)C=C[C@]4(C)[C@@]3(F)C(=O)C[C@]21C. The molecule has 5 nitrogen and oxygen atoms in total. The monoisotopic (exact) mass is 478 g/mol. The third-order valence-corrected chi connectivity index (χ3v) is 9.45. The van der Waals surface area contributed by atoms with E-state index in [0.717, 1.165) is 0 Å². The molecular weight excluding hydrogens is 447 g/mol. The number of hydrogen-bond acceptors (Lipinski definition) is 5. The van der Waals surface area contributed by atoms with Crippen LogP contribution in [0.25, 0.3) is 0 Å². The quantitative estimate of drug-likeness (QED) is 0.422. The number of alkyl halides is 2. The van der Waals surface area contributed by atoms with Gasteiger partial charge in [0.1, 0.15) is 0 Å². The largest absolute Gasteiger partial charge is 0.450 e. The van der Waals surface area contributed by atoms with Crippen molar-refractivity contribution < 1.29 is 28.3 Å². The number of fused-ring (bicyclic) bond motifs is 5. The van der Waals surface area contributed by atoms with Gasteiger partial charge in [0.25, 0.3) is 0 Å². The molecule has 0 heterocycles. The third-order valence-electron chi connectivity index (χ3n) is 9.21. The van der Waals surface area contributed by atoms with Gasteiger partial charge in [0.05, 0.1) is 5.88 Å². The van der Waals surface area contributed by atoms with Gasteiger partial charge in [-0.25, -0.2) is 4.39 Å². The Balaban J connectivity index is 1.84. The van der Waals surface area contributed by atoms with E-state index in [0.29, 0.717) is 31.3 Å². The van der Waals surface area contributed by atoms with Gasteiger partial charge in [0.15, 0.2) is 28.6 Å². The van der Waals surface area contributed by atoms with E-state index >= 15 is 4.39 Å². The maximum absolute atomic E-state index is 17.1. The molecule has 0 saturated heterocycles. The average Bonchev–Trinajstić information content (AvgIpc) is 2.97. The second-order valence-electron chi connectivity index (χ2n) is 10.7. The van der Waals surface area contributed by atoms with Crippen LogP contribution in [0.3, 0.4) is 0 Å². The van der Waals surface area contributed by atoms with Crippen LogP contribution in [0, 0.1) is 28.6 Å². The lowest BCUT2D eigenvalue weighted by atomic mass is 9.45. The summed E-state index contributed by atoms with van der Waals surface area (Å²) in [6, 6.07) is 0. The standard InChI is InChI=1S/C26H32ClFO5/c1-5-6-22(32)33-26(21(31)14-27)15(2)11-19-18-8-7-16-12-17(29)9-10-23(16,3)25(18,28)20(30)13-24(19,26)4/h9-10,12,15,18-19H,5-8,11,13-14H2,1-4H3/t15-,18+,19-,23+,24-,25+,26+/m1/s1. The molecule has 3 saturated carbocycles. The molecular formula is C26H32ClFO5. The van der Waals surface area contributed by atoms with Crippen molar-refractivity contribution in [2.75, 3.05) is 5.88 Å². The Morgan fingerprint density at radius 2 is 1.94 bits per heavy atom. The molecule has 0 N–H and O–H groups in total. The van der Waals surface area contributed by atoms with Crippen molar-refractivity contribution in [3.63, 3.8) is 0 Å². The van der Waals surface area contributed by atoms with E-state index in [9.17, 15) is 19.2 Å². The van der Waals surface area contributed by atoms with Crippen molar-refractivity contribution >= 4 is 34.9 Å². The summed E-state index contributed by atoms with van der Waals surface area (Å²) in [6.07, 6.45) is 6.21. The fourth-order valence-electron chi connectivity index (χ4n) is 7.66. The van der Waals surface area contributed by atoms with Crippen LogP contribution in [0.5, 0.6) is 0 Å². The van der Waals surface area contributed by atoms with Gasteiger partial charge in [0.2, 0.25) is 0 Å². The molecule has 0 radical (unpaired) electrons. The molecule has 0 amide bonds. The highest BCUT2D eigenvalue weighted by atomic mass is 35.5. The topological polar surface area (TPSA) is 77.5 Å². The zero-order valence-corrected chi connectivity index (χ0v) is 20.5. The second-order valence-corrected chi connectivity index (χ2v) is 11.0. The zero-order valence-electron chi connectivity index (χ0n) is 19.7. The van der Waals surface area contributed by atoms with E-state index in [1.807, 2.05) is 13.8 Å². The zero-order chi connectivity index (χ0) is 24.4. The predicted molar refractivity (Wildman–Crippen MR) is 121 cm³/mol. The number of ketones is 3. The van der Waals surface area contributed by atoms with Crippen LogP contribution < -0.4 is 0 Å². The lowest BCUT2D eigenvalue weighted by Gasteiger charge is -2.59. The molecule has 4 aliphatic rings. The first kappa shape index (κ1) is 24.3. The number of halogens is 2. The summed E-state index contributed by atoms with van der Waals surface area (Å²) in [5.41, 5.74) is -5.35. The molecule has 0 aromatic rings. The smallest absolute Gasteiger partial charge is 0.306 e. The molecule has 7 heteroatoms. The molecule has 0 aromatic heterocycles. The van der Waals surface area contributed by atoms with E-state index in [1.165, 1.54) is 12.2 Å². The van der Waals surface area contributed by atoms with Crippen LogP contribution in [-0.2, 0) is 23.9 Å². The average molecular weight is 479 g/mol.